The highest BCUT2D eigenvalue weighted by Crippen LogP contribution is 2.27. The molecule has 0 aliphatic rings. The zero-order chi connectivity index (χ0) is 9.97. The summed E-state index contributed by atoms with van der Waals surface area (Å²) in [6, 6.07) is 14.6. The Bertz CT molecular complexity index is 437. The maximum atomic E-state index is 13.2. The van der Waals surface area contributed by atoms with Crippen molar-refractivity contribution >= 4 is 12.6 Å². The number of hydrogen-bond acceptors (Lipinski definition) is 1. The van der Waals surface area contributed by atoms with Gasteiger partial charge in [0.1, 0.15) is 5.82 Å². The summed E-state index contributed by atoms with van der Waals surface area (Å²) in [5.74, 6) is -0.283. The molecular weight excluding hydrogens is 195 g/mol. The van der Waals surface area contributed by atoms with Gasteiger partial charge < -0.3 is 0 Å². The van der Waals surface area contributed by atoms with Crippen LogP contribution in [-0.2, 0) is 0 Å². The standard InChI is InChI=1S/C12H9FS/c13-11-8-4-7-10(12(11)14)9-5-2-1-3-6-9/h1-8,14H. The molecule has 0 bridgehead atoms. The second kappa shape index (κ2) is 3.84. The normalized spacial score (nSPS) is 10.1. The van der Waals surface area contributed by atoms with Crippen LogP contribution in [0.1, 0.15) is 0 Å². The maximum absolute atomic E-state index is 13.2. The van der Waals surface area contributed by atoms with Crippen molar-refractivity contribution in [2.24, 2.45) is 0 Å². The largest absolute Gasteiger partial charge is 0.206 e. The Morgan fingerprint density at radius 1 is 0.857 bits per heavy atom. The second-order valence-corrected chi connectivity index (χ2v) is 3.45. The van der Waals surface area contributed by atoms with Crippen LogP contribution in [-0.4, -0.2) is 0 Å². The Morgan fingerprint density at radius 2 is 1.57 bits per heavy atom. The average molecular weight is 204 g/mol. The van der Waals surface area contributed by atoms with Crippen LogP contribution in [0, 0.1) is 5.82 Å². The second-order valence-electron chi connectivity index (χ2n) is 3.00. The topological polar surface area (TPSA) is 0 Å². The van der Waals surface area contributed by atoms with Crippen LogP contribution in [0.25, 0.3) is 11.1 Å². The molecule has 2 aromatic rings. The summed E-state index contributed by atoms with van der Waals surface area (Å²) in [6.45, 7) is 0. The van der Waals surface area contributed by atoms with E-state index in [1.807, 2.05) is 36.4 Å². The quantitative estimate of drug-likeness (QED) is 0.671. The van der Waals surface area contributed by atoms with E-state index in [1.54, 1.807) is 6.07 Å². The highest BCUT2D eigenvalue weighted by atomic mass is 32.1. The van der Waals surface area contributed by atoms with Crippen LogP contribution in [0.15, 0.2) is 53.4 Å². The Hall–Kier alpha value is -1.28. The minimum Gasteiger partial charge on any atom is -0.206 e. The van der Waals surface area contributed by atoms with E-state index in [0.717, 1.165) is 11.1 Å². The van der Waals surface area contributed by atoms with Crippen molar-refractivity contribution in [2.45, 2.75) is 4.90 Å². The van der Waals surface area contributed by atoms with E-state index >= 15 is 0 Å². The molecule has 0 saturated heterocycles. The fourth-order valence-electron chi connectivity index (χ4n) is 1.37. The summed E-state index contributed by atoms with van der Waals surface area (Å²) in [5, 5.41) is 0. The minimum atomic E-state index is -0.283. The Balaban J connectivity index is 2.58. The lowest BCUT2D eigenvalue weighted by Crippen LogP contribution is -1.83. The molecule has 0 unspecified atom stereocenters. The summed E-state index contributed by atoms with van der Waals surface area (Å²) < 4.78 is 13.2. The summed E-state index contributed by atoms with van der Waals surface area (Å²) >= 11 is 4.15. The predicted octanol–water partition coefficient (Wildman–Crippen LogP) is 3.78. The van der Waals surface area contributed by atoms with Gasteiger partial charge in [-0.1, -0.05) is 42.5 Å². The van der Waals surface area contributed by atoms with Crippen LogP contribution in [0.2, 0.25) is 0 Å². The summed E-state index contributed by atoms with van der Waals surface area (Å²) in [5.41, 5.74) is 1.81. The van der Waals surface area contributed by atoms with E-state index in [4.69, 9.17) is 0 Å². The summed E-state index contributed by atoms with van der Waals surface area (Å²) in [7, 11) is 0. The number of thiol groups is 1. The van der Waals surface area contributed by atoms with Crippen molar-refractivity contribution in [1.82, 2.24) is 0 Å². The lowest BCUT2D eigenvalue weighted by atomic mass is 10.1. The van der Waals surface area contributed by atoms with Gasteiger partial charge in [0.25, 0.3) is 0 Å². The van der Waals surface area contributed by atoms with E-state index in [-0.39, 0.29) is 5.82 Å². The third-order valence-electron chi connectivity index (χ3n) is 2.07. The molecule has 0 aliphatic heterocycles. The molecule has 0 N–H and O–H groups in total. The number of rotatable bonds is 1. The highest BCUT2D eigenvalue weighted by molar-refractivity contribution is 7.80. The van der Waals surface area contributed by atoms with Crippen LogP contribution in [0.5, 0.6) is 0 Å². The molecule has 0 spiro atoms. The molecule has 0 radical (unpaired) electrons. The molecule has 2 heteroatoms. The lowest BCUT2D eigenvalue weighted by molar-refractivity contribution is 0.603. The fraction of sp³-hybridized carbons (Fsp3) is 0. The van der Waals surface area contributed by atoms with Crippen molar-refractivity contribution in [2.75, 3.05) is 0 Å². The van der Waals surface area contributed by atoms with Gasteiger partial charge in [-0.2, -0.15) is 0 Å². The molecule has 2 rings (SSSR count). The molecule has 0 amide bonds. The highest BCUT2D eigenvalue weighted by Gasteiger charge is 2.05. The molecule has 70 valence electrons. The smallest absolute Gasteiger partial charge is 0.137 e. The zero-order valence-corrected chi connectivity index (χ0v) is 8.34. The monoisotopic (exact) mass is 204 g/mol. The van der Waals surface area contributed by atoms with Gasteiger partial charge in [0.2, 0.25) is 0 Å². The summed E-state index contributed by atoms with van der Waals surface area (Å²) in [6.07, 6.45) is 0. The molecule has 0 atom stereocenters. The number of hydrogen-bond donors (Lipinski definition) is 1. The zero-order valence-electron chi connectivity index (χ0n) is 7.44. The first-order chi connectivity index (χ1) is 6.79. The molecule has 0 aromatic heterocycles. The number of benzene rings is 2. The molecule has 14 heavy (non-hydrogen) atoms. The Kier molecular flexibility index (Phi) is 2.55. The first-order valence-electron chi connectivity index (χ1n) is 4.32. The molecule has 0 aliphatic carbocycles. The van der Waals surface area contributed by atoms with Gasteiger partial charge in [0.15, 0.2) is 0 Å². The van der Waals surface area contributed by atoms with Crippen LogP contribution < -0.4 is 0 Å². The minimum absolute atomic E-state index is 0.283. The lowest BCUT2D eigenvalue weighted by Gasteiger charge is -2.05. The molecule has 0 nitrogen and oxygen atoms in total. The van der Waals surface area contributed by atoms with Gasteiger partial charge in [0.05, 0.1) is 0 Å². The van der Waals surface area contributed by atoms with E-state index in [1.165, 1.54) is 6.07 Å². The molecule has 0 fully saturated rings. The Labute approximate surface area is 87.8 Å². The van der Waals surface area contributed by atoms with Crippen molar-refractivity contribution in [1.29, 1.82) is 0 Å². The van der Waals surface area contributed by atoms with E-state index in [0.29, 0.717) is 4.90 Å². The van der Waals surface area contributed by atoms with Crippen LogP contribution in [0.4, 0.5) is 4.39 Å². The third kappa shape index (κ3) is 1.66. The van der Waals surface area contributed by atoms with Crippen LogP contribution in [0.3, 0.4) is 0 Å². The Morgan fingerprint density at radius 3 is 2.29 bits per heavy atom. The van der Waals surface area contributed by atoms with E-state index < -0.39 is 0 Å². The van der Waals surface area contributed by atoms with Gasteiger partial charge >= 0.3 is 0 Å². The molecule has 0 heterocycles. The van der Waals surface area contributed by atoms with Gasteiger partial charge in [-0.25, -0.2) is 4.39 Å². The van der Waals surface area contributed by atoms with Gasteiger partial charge in [-0.3, -0.25) is 0 Å². The molecule has 2 aromatic carbocycles. The van der Waals surface area contributed by atoms with Crippen molar-refractivity contribution in [3.05, 3.63) is 54.3 Å². The van der Waals surface area contributed by atoms with Crippen LogP contribution >= 0.6 is 12.6 Å². The van der Waals surface area contributed by atoms with Crippen molar-refractivity contribution in [3.8, 4) is 11.1 Å². The van der Waals surface area contributed by atoms with Gasteiger partial charge in [-0.15, -0.1) is 12.6 Å². The van der Waals surface area contributed by atoms with Gasteiger partial charge in [0, 0.05) is 4.90 Å². The van der Waals surface area contributed by atoms with Crippen molar-refractivity contribution < 1.29 is 4.39 Å². The molecule has 0 saturated carbocycles. The van der Waals surface area contributed by atoms with E-state index in [2.05, 4.69) is 12.6 Å². The first-order valence-corrected chi connectivity index (χ1v) is 4.76. The average Bonchev–Trinajstić information content (AvgIpc) is 2.23. The van der Waals surface area contributed by atoms with E-state index in [9.17, 15) is 4.39 Å². The summed E-state index contributed by atoms with van der Waals surface area (Å²) in [4.78, 5) is 0.402. The van der Waals surface area contributed by atoms with Crippen molar-refractivity contribution in [3.63, 3.8) is 0 Å². The first kappa shape index (κ1) is 9.28. The predicted molar refractivity (Wildman–Crippen MR) is 59.1 cm³/mol. The maximum Gasteiger partial charge on any atom is 0.137 e. The molecular formula is C12H9FS. The SMILES string of the molecule is Fc1cccc(-c2ccccc2)c1S. The third-order valence-corrected chi connectivity index (χ3v) is 2.53. The number of halogens is 1. The fourth-order valence-corrected chi connectivity index (χ4v) is 1.64. The van der Waals surface area contributed by atoms with Gasteiger partial charge in [-0.05, 0) is 17.2 Å².